The summed E-state index contributed by atoms with van der Waals surface area (Å²) in [5.41, 5.74) is 22.5. The van der Waals surface area contributed by atoms with Gasteiger partial charge in [-0.25, -0.2) is 0 Å². The number of hydrogen-bond acceptors (Lipinski definition) is 12. The smallest absolute Gasteiger partial charge is 0.303 e. The van der Waals surface area contributed by atoms with Crippen LogP contribution in [0, 0.1) is 5.92 Å². The van der Waals surface area contributed by atoms with E-state index in [-0.39, 0.29) is 62.8 Å². The summed E-state index contributed by atoms with van der Waals surface area (Å²) in [5, 5.41) is 42.3. The Hall–Kier alpha value is -6.03. The molecule has 1 aromatic rings. The fourth-order valence-corrected chi connectivity index (χ4v) is 6.13. The van der Waals surface area contributed by atoms with Crippen LogP contribution in [-0.2, 0) is 44.8 Å². The van der Waals surface area contributed by atoms with Crippen molar-refractivity contribution in [3.63, 3.8) is 0 Å². The first kappa shape index (κ1) is 49.1. The van der Waals surface area contributed by atoms with Gasteiger partial charge in [0.2, 0.25) is 41.4 Å². The number of aromatic hydroxyl groups is 1. The number of nitrogens with one attached hydrogen (secondary N) is 5. The minimum Gasteiger partial charge on any atom is -0.508 e. The third-order valence-corrected chi connectivity index (χ3v) is 9.32. The van der Waals surface area contributed by atoms with Crippen molar-refractivity contribution in [1.29, 1.82) is 0 Å². The Balaban J connectivity index is 2.25. The van der Waals surface area contributed by atoms with Gasteiger partial charge >= 0.3 is 5.97 Å². The highest BCUT2D eigenvalue weighted by molar-refractivity contribution is 5.96. The predicted octanol–water partition coefficient (Wildman–Crippen LogP) is -3.86. The molecule has 22 nitrogen and oxygen atoms in total. The van der Waals surface area contributed by atoms with E-state index in [0.717, 1.165) is 4.90 Å². The number of aliphatic imine (C=N–C) groups is 1. The highest BCUT2D eigenvalue weighted by Gasteiger charge is 2.41. The molecule has 0 bridgehead atoms. The highest BCUT2D eigenvalue weighted by Crippen LogP contribution is 2.20. The first-order valence-electron chi connectivity index (χ1n) is 19.2. The van der Waals surface area contributed by atoms with Gasteiger partial charge in [0.25, 0.3) is 0 Å². The maximum absolute atomic E-state index is 13.7. The molecule has 7 amide bonds. The number of nitrogens with two attached hydrogens (primary N) is 4. The van der Waals surface area contributed by atoms with Gasteiger partial charge in [-0.05, 0) is 63.1 Å². The lowest BCUT2D eigenvalue weighted by Gasteiger charge is -2.30. The number of amides is 7. The fourth-order valence-electron chi connectivity index (χ4n) is 6.13. The number of aliphatic carboxylic acids is 1. The van der Waals surface area contributed by atoms with Crippen LogP contribution in [0.3, 0.4) is 0 Å². The van der Waals surface area contributed by atoms with Crippen LogP contribution in [0.4, 0.5) is 0 Å². The van der Waals surface area contributed by atoms with Gasteiger partial charge in [-0.2, -0.15) is 0 Å². The Morgan fingerprint density at radius 1 is 0.847 bits per heavy atom. The number of carbonyl (C=O) groups excluding carboxylic acids is 7. The molecule has 1 heterocycles. The molecular formula is C37H59N11O11. The lowest BCUT2D eigenvalue weighted by Crippen LogP contribution is -2.60. The van der Waals surface area contributed by atoms with E-state index >= 15 is 0 Å². The monoisotopic (exact) mass is 833 g/mol. The number of aliphatic hydroxyl groups excluding tert-OH is 1. The van der Waals surface area contributed by atoms with E-state index in [1.54, 1.807) is 13.8 Å². The number of likely N-dealkylation sites (tertiary alicyclic amines) is 1. The Morgan fingerprint density at radius 2 is 1.46 bits per heavy atom. The summed E-state index contributed by atoms with van der Waals surface area (Å²) in [6, 6.07) is -2.78. The first-order valence-corrected chi connectivity index (χ1v) is 19.2. The molecule has 0 aliphatic carbocycles. The molecule has 0 spiro atoms. The summed E-state index contributed by atoms with van der Waals surface area (Å²) < 4.78 is 0. The van der Waals surface area contributed by atoms with Crippen molar-refractivity contribution in [2.24, 2.45) is 33.8 Å². The van der Waals surface area contributed by atoms with Crippen molar-refractivity contribution >= 4 is 53.3 Å². The standard InChI is InChI=1S/C37H59N11O11/c1-18(2)14-25(33(56)43-19(3)31(39)54)46-35(58)27(11-12-29(52)53)48-17-22(16-28(48)51)44-36(59)30(20(4)49)47-34(57)26(15-21-7-9-23(50)10-8-21)45-32(55)24(38)6-5-13-42-37(40)41/h7-10,18-20,22,24-27,30,49-50H,5-6,11-17,38H2,1-4H3,(H2,39,54)(H,43,56)(H,44,59)(H,45,55)(H,46,58)(H,47,57)(H,52,53)(H4,40,41,42)/t19-,20-,22+,24-,25-,26-,27-,30-/m1/s1. The van der Waals surface area contributed by atoms with E-state index in [4.69, 9.17) is 22.9 Å². The molecule has 16 N–H and O–H groups in total. The average Bonchev–Trinajstić information content (AvgIpc) is 3.50. The second-order valence-corrected chi connectivity index (χ2v) is 14.9. The number of primary amides is 1. The summed E-state index contributed by atoms with van der Waals surface area (Å²) >= 11 is 0. The largest absolute Gasteiger partial charge is 0.508 e. The summed E-state index contributed by atoms with van der Waals surface area (Å²) in [6.45, 7) is 6.10. The van der Waals surface area contributed by atoms with E-state index in [0.29, 0.717) is 12.0 Å². The van der Waals surface area contributed by atoms with Crippen molar-refractivity contribution in [3.05, 3.63) is 29.8 Å². The van der Waals surface area contributed by atoms with Crippen LogP contribution in [0.15, 0.2) is 29.3 Å². The predicted molar refractivity (Wildman–Crippen MR) is 212 cm³/mol. The second-order valence-electron chi connectivity index (χ2n) is 14.9. The fraction of sp³-hybridized carbons (Fsp3) is 0.595. The minimum absolute atomic E-state index is 0.0420. The second kappa shape index (κ2) is 23.4. The number of aliphatic hydroxyl groups is 1. The molecule has 328 valence electrons. The molecule has 0 saturated carbocycles. The van der Waals surface area contributed by atoms with E-state index in [1.807, 2.05) is 0 Å². The van der Waals surface area contributed by atoms with E-state index in [1.165, 1.54) is 38.1 Å². The van der Waals surface area contributed by atoms with Crippen molar-refractivity contribution in [2.45, 2.75) is 121 Å². The number of nitrogens with zero attached hydrogens (tertiary/aromatic N) is 2. The summed E-state index contributed by atoms with van der Waals surface area (Å²) in [4.78, 5) is 108. The zero-order valence-corrected chi connectivity index (χ0v) is 33.7. The Labute approximate surface area is 341 Å². The molecule has 1 fully saturated rings. The van der Waals surface area contributed by atoms with Gasteiger partial charge in [0.15, 0.2) is 5.96 Å². The van der Waals surface area contributed by atoms with Crippen molar-refractivity contribution in [2.75, 3.05) is 13.1 Å². The number of benzene rings is 1. The minimum atomic E-state index is -1.61. The third-order valence-electron chi connectivity index (χ3n) is 9.32. The number of phenolic OH excluding ortho intramolecular Hbond substituents is 1. The molecule has 0 aromatic heterocycles. The lowest BCUT2D eigenvalue weighted by molar-refractivity contribution is -0.142. The molecule has 22 heteroatoms. The number of carboxylic acids is 1. The number of phenols is 1. The maximum atomic E-state index is 13.7. The Morgan fingerprint density at radius 3 is 2.02 bits per heavy atom. The molecule has 1 aliphatic rings. The molecule has 1 saturated heterocycles. The number of carbonyl (C=O) groups is 8. The molecular weight excluding hydrogens is 774 g/mol. The van der Waals surface area contributed by atoms with Crippen LogP contribution in [0.2, 0.25) is 0 Å². The molecule has 2 rings (SSSR count). The molecule has 59 heavy (non-hydrogen) atoms. The maximum Gasteiger partial charge on any atom is 0.303 e. The molecule has 8 atom stereocenters. The number of guanidine groups is 1. The van der Waals surface area contributed by atoms with Gasteiger partial charge in [-0.15, -0.1) is 0 Å². The molecule has 0 unspecified atom stereocenters. The zero-order valence-electron chi connectivity index (χ0n) is 33.7. The Kier molecular flexibility index (Phi) is 19.5. The summed E-state index contributed by atoms with van der Waals surface area (Å²) in [6.07, 6.45) is -2.18. The SMILES string of the molecule is CC(C)C[C@@H](NC(=O)[C@@H](CCC(=O)O)N1C[C@@H](NC(=O)[C@H](NC(=O)[C@@H](Cc2ccc(O)cc2)NC(=O)[C@H](N)CCCN=C(N)N)[C@@H](C)O)CC1=O)C(=O)N[C@H](C)C(N)=O. The summed E-state index contributed by atoms with van der Waals surface area (Å²) in [7, 11) is 0. The number of carboxylic acid groups (broad SMARTS) is 1. The van der Waals surface area contributed by atoms with E-state index in [9.17, 15) is 53.7 Å². The molecule has 1 aromatic carbocycles. The van der Waals surface area contributed by atoms with Gasteiger partial charge in [0.05, 0.1) is 18.2 Å². The summed E-state index contributed by atoms with van der Waals surface area (Å²) in [5.74, 6) is -7.03. The number of rotatable bonds is 24. The van der Waals surface area contributed by atoms with Crippen LogP contribution >= 0.6 is 0 Å². The molecule has 0 radical (unpaired) electrons. The topological polar surface area (TPSA) is 377 Å². The average molecular weight is 834 g/mol. The number of hydrogen-bond donors (Lipinski definition) is 12. The van der Waals surface area contributed by atoms with Crippen LogP contribution in [0.1, 0.15) is 71.8 Å². The Bertz CT molecular complexity index is 1690. The van der Waals surface area contributed by atoms with Crippen LogP contribution in [0.5, 0.6) is 5.75 Å². The highest BCUT2D eigenvalue weighted by atomic mass is 16.4. The van der Waals surface area contributed by atoms with Crippen LogP contribution in [0.25, 0.3) is 0 Å². The van der Waals surface area contributed by atoms with Crippen molar-refractivity contribution < 1.29 is 53.7 Å². The van der Waals surface area contributed by atoms with Gasteiger partial charge in [-0.3, -0.25) is 43.3 Å². The van der Waals surface area contributed by atoms with Gasteiger partial charge in [0.1, 0.15) is 36.0 Å². The molecule has 1 aliphatic heterocycles. The quantitative estimate of drug-likeness (QED) is 0.0270. The normalized spacial score (nSPS) is 17.3. The third kappa shape index (κ3) is 16.8. The van der Waals surface area contributed by atoms with E-state index < -0.39 is 102 Å². The van der Waals surface area contributed by atoms with Crippen molar-refractivity contribution in [1.82, 2.24) is 31.5 Å². The first-order chi connectivity index (χ1) is 27.6. The van der Waals surface area contributed by atoms with Gasteiger partial charge in [0, 0.05) is 32.4 Å². The zero-order chi connectivity index (χ0) is 44.6. The van der Waals surface area contributed by atoms with Crippen molar-refractivity contribution in [3.8, 4) is 5.75 Å². The van der Waals surface area contributed by atoms with Gasteiger partial charge in [-0.1, -0.05) is 26.0 Å². The van der Waals surface area contributed by atoms with Crippen LogP contribution in [-0.4, -0.2) is 135 Å². The van der Waals surface area contributed by atoms with Crippen LogP contribution < -0.4 is 49.5 Å². The lowest BCUT2D eigenvalue weighted by atomic mass is 10.0. The van der Waals surface area contributed by atoms with E-state index in [2.05, 4.69) is 31.6 Å². The van der Waals surface area contributed by atoms with Gasteiger partial charge < -0.3 is 69.7 Å².